The number of benzene rings is 4. The number of fused-ring (bicyclic) bond motifs is 3. The van der Waals surface area contributed by atoms with Crippen LogP contribution in [0.3, 0.4) is 0 Å². The molecule has 0 fully saturated rings. The van der Waals surface area contributed by atoms with Crippen molar-refractivity contribution in [3.05, 3.63) is 106 Å². The van der Waals surface area contributed by atoms with Crippen molar-refractivity contribution in [3.8, 4) is 0 Å². The number of hydrogen-bond acceptors (Lipinski definition) is 6. The van der Waals surface area contributed by atoms with Crippen LogP contribution in [0.2, 0.25) is 0 Å². The lowest BCUT2D eigenvalue weighted by Crippen LogP contribution is -2.14. The van der Waals surface area contributed by atoms with Gasteiger partial charge in [0.25, 0.3) is 20.0 Å². The molecule has 0 radical (unpaired) electrons. The molecule has 0 saturated heterocycles. The summed E-state index contributed by atoms with van der Waals surface area (Å²) in [5.41, 5.74) is 1.67. The van der Waals surface area contributed by atoms with Gasteiger partial charge in [-0.1, -0.05) is 42.5 Å². The normalized spacial score (nSPS) is 12.1. The molecule has 0 bridgehead atoms. The van der Waals surface area contributed by atoms with Crippen LogP contribution in [0.4, 0.5) is 11.4 Å². The molecule has 2 N–H and O–H groups in total. The van der Waals surface area contributed by atoms with Gasteiger partial charge in [-0.15, -0.1) is 0 Å². The van der Waals surface area contributed by atoms with Crippen LogP contribution in [0, 0.1) is 13.8 Å². The Hall–Kier alpha value is -4.15. The number of hydrogen-bond donors (Lipinski definition) is 2. The summed E-state index contributed by atoms with van der Waals surface area (Å²) < 4.78 is 62.4. The van der Waals surface area contributed by atoms with E-state index in [0.29, 0.717) is 22.1 Å². The molecule has 0 atom stereocenters. The Bertz CT molecular complexity index is 1960. The van der Waals surface area contributed by atoms with Crippen molar-refractivity contribution < 1.29 is 21.3 Å². The molecule has 10 heteroatoms. The molecular formula is C27H22N2O6S2. The Morgan fingerprint density at radius 3 is 1.62 bits per heavy atom. The molecule has 0 saturated carbocycles. The van der Waals surface area contributed by atoms with Crippen LogP contribution in [0.5, 0.6) is 0 Å². The maximum atomic E-state index is 13.0. The summed E-state index contributed by atoms with van der Waals surface area (Å²) in [5.74, 6) is 0. The van der Waals surface area contributed by atoms with E-state index in [1.54, 1.807) is 62.4 Å². The molecule has 5 aromatic rings. The van der Waals surface area contributed by atoms with Gasteiger partial charge in [-0.3, -0.25) is 9.44 Å². The van der Waals surface area contributed by atoms with Crippen LogP contribution in [0.15, 0.2) is 104 Å². The zero-order valence-electron chi connectivity index (χ0n) is 19.8. The predicted octanol–water partition coefficient (Wildman–Crippen LogP) is 5.16. The van der Waals surface area contributed by atoms with Crippen LogP contribution in [-0.4, -0.2) is 16.8 Å². The standard InChI is InChI=1S/C27H22N2O6S2/c1-17-7-3-5-9-24(17)28-36(31,32)19-11-13-21-22-14-12-20(16-26(22)35-27(30)23(21)15-19)37(33,34)29-25-10-6-4-8-18(25)2/h3-16,28-29H,1-2H3. The first-order valence-electron chi connectivity index (χ1n) is 11.2. The molecule has 0 unspecified atom stereocenters. The predicted molar refractivity (Wildman–Crippen MR) is 144 cm³/mol. The number of para-hydroxylation sites is 2. The second-order valence-corrected chi connectivity index (χ2v) is 12.0. The molecular weight excluding hydrogens is 512 g/mol. The van der Waals surface area contributed by atoms with Crippen molar-refractivity contribution in [2.75, 3.05) is 9.44 Å². The fourth-order valence-electron chi connectivity index (χ4n) is 4.01. The minimum atomic E-state index is -3.97. The molecule has 4 aromatic carbocycles. The molecule has 0 aliphatic rings. The van der Waals surface area contributed by atoms with E-state index in [1.165, 1.54) is 36.4 Å². The third-order valence-electron chi connectivity index (χ3n) is 6.06. The Labute approximate surface area is 213 Å². The summed E-state index contributed by atoms with van der Waals surface area (Å²) in [6, 6.07) is 22.3. The van der Waals surface area contributed by atoms with E-state index < -0.39 is 25.7 Å². The lowest BCUT2D eigenvalue weighted by atomic mass is 10.1. The molecule has 0 spiro atoms. The van der Waals surface area contributed by atoms with Crippen molar-refractivity contribution in [1.29, 1.82) is 0 Å². The number of aryl methyl sites for hydroxylation is 2. The molecule has 1 aromatic heterocycles. The maximum Gasteiger partial charge on any atom is 0.344 e. The van der Waals surface area contributed by atoms with Gasteiger partial charge in [0.2, 0.25) is 0 Å². The quantitative estimate of drug-likeness (QED) is 0.229. The Morgan fingerprint density at radius 1 is 0.595 bits per heavy atom. The molecule has 188 valence electrons. The minimum Gasteiger partial charge on any atom is -0.422 e. The van der Waals surface area contributed by atoms with Gasteiger partial charge < -0.3 is 4.42 Å². The Balaban J connectivity index is 1.55. The molecule has 1 heterocycles. The highest BCUT2D eigenvalue weighted by molar-refractivity contribution is 7.93. The van der Waals surface area contributed by atoms with Crippen molar-refractivity contribution in [1.82, 2.24) is 0 Å². The maximum absolute atomic E-state index is 13.0. The average molecular weight is 535 g/mol. The van der Waals surface area contributed by atoms with Gasteiger partial charge in [0, 0.05) is 16.8 Å². The second-order valence-electron chi connectivity index (χ2n) is 8.60. The Kier molecular flexibility index (Phi) is 6.01. The summed E-state index contributed by atoms with van der Waals surface area (Å²) in [5, 5.41) is 0.978. The summed E-state index contributed by atoms with van der Waals surface area (Å²) in [4.78, 5) is 12.7. The van der Waals surface area contributed by atoms with Crippen LogP contribution in [-0.2, 0) is 20.0 Å². The molecule has 8 nitrogen and oxygen atoms in total. The third kappa shape index (κ3) is 4.68. The molecule has 37 heavy (non-hydrogen) atoms. The SMILES string of the molecule is Cc1ccccc1NS(=O)(=O)c1ccc2c(c1)oc(=O)c1cc(S(=O)(=O)Nc3ccccc3C)ccc12. The zero-order valence-corrected chi connectivity index (χ0v) is 21.5. The molecule has 0 aliphatic heterocycles. The van der Waals surface area contributed by atoms with Crippen molar-refractivity contribution >= 4 is 53.2 Å². The summed E-state index contributed by atoms with van der Waals surface area (Å²) in [6.07, 6.45) is 0. The molecule has 0 aliphatic carbocycles. The summed E-state index contributed by atoms with van der Waals surface area (Å²) >= 11 is 0. The molecule has 0 amide bonds. The van der Waals surface area contributed by atoms with E-state index in [1.807, 2.05) is 0 Å². The van der Waals surface area contributed by atoms with Crippen molar-refractivity contribution in [2.45, 2.75) is 23.6 Å². The highest BCUT2D eigenvalue weighted by Gasteiger charge is 2.20. The van der Waals surface area contributed by atoms with E-state index in [-0.39, 0.29) is 20.8 Å². The van der Waals surface area contributed by atoms with Gasteiger partial charge in [0.05, 0.1) is 26.6 Å². The lowest BCUT2D eigenvalue weighted by Gasteiger charge is -2.12. The van der Waals surface area contributed by atoms with Gasteiger partial charge in [-0.2, -0.15) is 0 Å². The van der Waals surface area contributed by atoms with E-state index in [2.05, 4.69) is 9.44 Å². The summed E-state index contributed by atoms with van der Waals surface area (Å²) in [6.45, 7) is 3.57. The van der Waals surface area contributed by atoms with Crippen LogP contribution in [0.1, 0.15) is 11.1 Å². The van der Waals surface area contributed by atoms with Gasteiger partial charge in [-0.25, -0.2) is 21.6 Å². The van der Waals surface area contributed by atoms with Crippen LogP contribution >= 0.6 is 0 Å². The van der Waals surface area contributed by atoms with Crippen molar-refractivity contribution in [3.63, 3.8) is 0 Å². The first kappa shape index (κ1) is 24.5. The van der Waals surface area contributed by atoms with Gasteiger partial charge in [-0.05, 0) is 61.4 Å². The smallest absolute Gasteiger partial charge is 0.344 e. The fourth-order valence-corrected chi connectivity index (χ4v) is 6.31. The number of rotatable bonds is 6. The zero-order chi connectivity index (χ0) is 26.4. The minimum absolute atomic E-state index is 0.0637. The van der Waals surface area contributed by atoms with E-state index in [9.17, 15) is 21.6 Å². The van der Waals surface area contributed by atoms with Crippen molar-refractivity contribution in [2.24, 2.45) is 0 Å². The first-order valence-corrected chi connectivity index (χ1v) is 14.2. The highest BCUT2D eigenvalue weighted by atomic mass is 32.2. The van der Waals surface area contributed by atoms with Gasteiger partial charge in [0.1, 0.15) is 5.58 Å². The summed E-state index contributed by atoms with van der Waals surface area (Å²) in [7, 11) is -7.93. The van der Waals surface area contributed by atoms with E-state index in [0.717, 1.165) is 11.1 Å². The number of anilines is 2. The van der Waals surface area contributed by atoms with Gasteiger partial charge in [0.15, 0.2) is 0 Å². The largest absolute Gasteiger partial charge is 0.422 e. The topological polar surface area (TPSA) is 123 Å². The second kappa shape index (κ2) is 9.06. The monoisotopic (exact) mass is 534 g/mol. The number of sulfonamides is 2. The average Bonchev–Trinajstić information content (AvgIpc) is 2.86. The fraction of sp³-hybridized carbons (Fsp3) is 0.0741. The first-order chi connectivity index (χ1) is 17.5. The lowest BCUT2D eigenvalue weighted by molar-refractivity contribution is 0.567. The van der Waals surface area contributed by atoms with E-state index in [4.69, 9.17) is 4.42 Å². The van der Waals surface area contributed by atoms with E-state index >= 15 is 0 Å². The Morgan fingerprint density at radius 2 is 1.08 bits per heavy atom. The third-order valence-corrected chi connectivity index (χ3v) is 8.78. The van der Waals surface area contributed by atoms with Crippen LogP contribution < -0.4 is 15.1 Å². The highest BCUT2D eigenvalue weighted by Crippen LogP contribution is 2.29. The molecule has 5 rings (SSSR count). The number of nitrogens with one attached hydrogen (secondary N) is 2. The van der Waals surface area contributed by atoms with Gasteiger partial charge >= 0.3 is 5.63 Å². The van der Waals surface area contributed by atoms with Crippen LogP contribution in [0.25, 0.3) is 21.7 Å².